The van der Waals surface area contributed by atoms with Crippen LogP contribution in [-0.4, -0.2) is 26.4 Å². The molecule has 0 aliphatic heterocycles. The number of hydrogen-bond donors (Lipinski definition) is 2. The number of pyridine rings is 1. The Hall–Kier alpha value is -5.30. The minimum absolute atomic E-state index is 0.170. The minimum Gasteiger partial charge on any atom is -0.478 e. The molecule has 0 spiro atoms. The quantitative estimate of drug-likeness (QED) is 0.226. The van der Waals surface area contributed by atoms with Gasteiger partial charge in [-0.25, -0.2) is 14.2 Å². The maximum Gasteiger partial charge on any atom is 0.335 e. The number of amides is 1. The third kappa shape index (κ3) is 5.17. The largest absolute Gasteiger partial charge is 0.478 e. The Morgan fingerprint density at radius 3 is 2.39 bits per heavy atom. The lowest BCUT2D eigenvalue weighted by Crippen LogP contribution is -2.28. The number of carbonyl (C=O) groups is 2. The highest BCUT2D eigenvalue weighted by atomic mass is 19.1. The molecule has 0 bridgehead atoms. The molecule has 41 heavy (non-hydrogen) atoms. The van der Waals surface area contributed by atoms with Gasteiger partial charge in [0, 0.05) is 12.0 Å². The number of imidazole rings is 1. The van der Waals surface area contributed by atoms with Crippen LogP contribution in [0.1, 0.15) is 50.8 Å². The van der Waals surface area contributed by atoms with Crippen LogP contribution < -0.4 is 5.32 Å². The van der Waals surface area contributed by atoms with Gasteiger partial charge >= 0.3 is 5.97 Å². The molecule has 0 aliphatic rings. The zero-order valence-electron chi connectivity index (χ0n) is 22.2. The van der Waals surface area contributed by atoms with Gasteiger partial charge in [-0.1, -0.05) is 72.8 Å². The monoisotopic (exact) mass is 543 g/mol. The number of hydrogen-bond acceptors (Lipinski definition) is 3. The number of nitrogens with one attached hydrogen (secondary N) is 1. The van der Waals surface area contributed by atoms with Crippen LogP contribution in [0.3, 0.4) is 0 Å². The summed E-state index contributed by atoms with van der Waals surface area (Å²) < 4.78 is 16.6. The van der Waals surface area contributed by atoms with Crippen LogP contribution in [0.5, 0.6) is 0 Å². The van der Waals surface area contributed by atoms with Gasteiger partial charge in [0.1, 0.15) is 17.3 Å². The van der Waals surface area contributed by atoms with Crippen LogP contribution in [0.15, 0.2) is 109 Å². The first-order chi connectivity index (χ1) is 19.9. The number of carboxylic acid groups (broad SMARTS) is 1. The normalized spacial score (nSPS) is 12.0. The highest BCUT2D eigenvalue weighted by Gasteiger charge is 2.20. The molecule has 0 fully saturated rings. The van der Waals surface area contributed by atoms with Gasteiger partial charge in [-0.3, -0.25) is 9.20 Å². The Balaban J connectivity index is 1.41. The van der Waals surface area contributed by atoms with Crippen molar-refractivity contribution < 1.29 is 19.1 Å². The summed E-state index contributed by atoms with van der Waals surface area (Å²) in [4.78, 5) is 29.7. The fourth-order valence-electron chi connectivity index (χ4n) is 5.14. The van der Waals surface area contributed by atoms with Gasteiger partial charge in [-0.2, -0.15) is 0 Å². The molecule has 6 aromatic rings. The van der Waals surface area contributed by atoms with Crippen LogP contribution in [-0.2, 0) is 6.42 Å². The molecule has 2 heterocycles. The second-order valence-corrected chi connectivity index (χ2v) is 10.0. The smallest absolute Gasteiger partial charge is 0.335 e. The molecule has 0 unspecified atom stereocenters. The highest BCUT2D eigenvalue weighted by molar-refractivity contribution is 5.95. The van der Waals surface area contributed by atoms with E-state index in [1.807, 2.05) is 29.5 Å². The molecule has 202 valence electrons. The average molecular weight is 544 g/mol. The lowest BCUT2D eigenvalue weighted by Gasteiger charge is -2.17. The fraction of sp³-hybridized carbons (Fsp3) is 0.0882. The molecule has 2 aromatic heterocycles. The molecule has 0 saturated heterocycles. The summed E-state index contributed by atoms with van der Waals surface area (Å²) in [6.07, 6.45) is 2.19. The number of fused-ring (bicyclic) bond motifs is 2. The SMILES string of the molecule is C[C@H](NC(=O)c1cc(-c2ccccc2F)cc2cnc(Cc3ccc4ccccc4c3)n12)c1ccc(C(=O)O)cc1. The number of aromatic carboxylic acids is 1. The Morgan fingerprint density at radius 1 is 0.902 bits per heavy atom. The molecule has 1 amide bonds. The van der Waals surface area contributed by atoms with E-state index in [2.05, 4.69) is 40.6 Å². The number of halogens is 1. The van der Waals surface area contributed by atoms with Gasteiger partial charge in [0.25, 0.3) is 5.91 Å². The van der Waals surface area contributed by atoms with E-state index in [0.717, 1.165) is 21.9 Å². The molecule has 0 saturated carbocycles. The first-order valence-corrected chi connectivity index (χ1v) is 13.2. The van der Waals surface area contributed by atoms with E-state index >= 15 is 0 Å². The van der Waals surface area contributed by atoms with E-state index in [0.29, 0.717) is 34.6 Å². The van der Waals surface area contributed by atoms with Gasteiger partial charge in [0.2, 0.25) is 0 Å². The van der Waals surface area contributed by atoms with Gasteiger partial charge < -0.3 is 10.4 Å². The molecule has 6 rings (SSSR count). The number of benzene rings is 4. The number of rotatable bonds is 7. The first kappa shape index (κ1) is 26.0. The van der Waals surface area contributed by atoms with Crippen molar-refractivity contribution in [2.75, 3.05) is 0 Å². The van der Waals surface area contributed by atoms with E-state index in [4.69, 9.17) is 0 Å². The fourth-order valence-corrected chi connectivity index (χ4v) is 5.14. The van der Waals surface area contributed by atoms with Crippen molar-refractivity contribution in [3.05, 3.63) is 143 Å². The summed E-state index contributed by atoms with van der Waals surface area (Å²) in [5.41, 5.74) is 3.92. The molecule has 1 atom stereocenters. The van der Waals surface area contributed by atoms with Crippen molar-refractivity contribution in [1.82, 2.24) is 14.7 Å². The van der Waals surface area contributed by atoms with Crippen LogP contribution in [0.25, 0.3) is 27.4 Å². The van der Waals surface area contributed by atoms with Gasteiger partial charge in [0.05, 0.1) is 23.3 Å². The van der Waals surface area contributed by atoms with Gasteiger partial charge in [-0.15, -0.1) is 0 Å². The Bertz CT molecular complexity index is 1930. The van der Waals surface area contributed by atoms with Gasteiger partial charge in [-0.05, 0) is 64.7 Å². The van der Waals surface area contributed by atoms with Crippen molar-refractivity contribution >= 4 is 28.2 Å². The third-order valence-corrected chi connectivity index (χ3v) is 7.30. The molecule has 0 aliphatic carbocycles. The molecule has 0 radical (unpaired) electrons. The maximum absolute atomic E-state index is 14.8. The third-order valence-electron chi connectivity index (χ3n) is 7.30. The van der Waals surface area contributed by atoms with Crippen LogP contribution in [0, 0.1) is 5.82 Å². The van der Waals surface area contributed by atoms with Crippen LogP contribution >= 0.6 is 0 Å². The molecule has 7 heteroatoms. The zero-order chi connectivity index (χ0) is 28.5. The number of aromatic nitrogens is 2. The lowest BCUT2D eigenvalue weighted by molar-refractivity contribution is 0.0696. The summed E-state index contributed by atoms with van der Waals surface area (Å²) in [6, 6.07) is 30.3. The van der Waals surface area contributed by atoms with Crippen molar-refractivity contribution in [1.29, 1.82) is 0 Å². The van der Waals surface area contributed by atoms with Crippen molar-refractivity contribution in [3.63, 3.8) is 0 Å². The maximum atomic E-state index is 14.8. The van der Waals surface area contributed by atoms with Crippen molar-refractivity contribution in [2.45, 2.75) is 19.4 Å². The van der Waals surface area contributed by atoms with E-state index in [1.54, 1.807) is 42.6 Å². The number of carbonyl (C=O) groups excluding carboxylic acids is 1. The minimum atomic E-state index is -1.01. The van der Waals surface area contributed by atoms with E-state index in [1.165, 1.54) is 18.2 Å². The summed E-state index contributed by atoms with van der Waals surface area (Å²) >= 11 is 0. The number of nitrogens with zero attached hydrogens (tertiary/aromatic N) is 2. The Kier molecular flexibility index (Phi) is 6.77. The van der Waals surface area contributed by atoms with Crippen molar-refractivity contribution in [3.8, 4) is 11.1 Å². The second-order valence-electron chi connectivity index (χ2n) is 10.0. The second kappa shape index (κ2) is 10.7. The molecule has 2 N–H and O–H groups in total. The molecule has 6 nitrogen and oxygen atoms in total. The van der Waals surface area contributed by atoms with E-state index < -0.39 is 12.0 Å². The number of carboxylic acids is 1. The van der Waals surface area contributed by atoms with Crippen LogP contribution in [0.2, 0.25) is 0 Å². The molecular weight excluding hydrogens is 517 g/mol. The summed E-state index contributed by atoms with van der Waals surface area (Å²) in [5.74, 6) is -1.08. The summed E-state index contributed by atoms with van der Waals surface area (Å²) in [6.45, 7) is 1.83. The van der Waals surface area contributed by atoms with E-state index in [9.17, 15) is 19.1 Å². The first-order valence-electron chi connectivity index (χ1n) is 13.2. The lowest BCUT2D eigenvalue weighted by atomic mass is 10.0. The predicted molar refractivity (Wildman–Crippen MR) is 157 cm³/mol. The Labute approximate surface area is 235 Å². The van der Waals surface area contributed by atoms with E-state index in [-0.39, 0.29) is 17.3 Å². The van der Waals surface area contributed by atoms with Crippen molar-refractivity contribution in [2.24, 2.45) is 0 Å². The molecule has 4 aromatic carbocycles. The highest BCUT2D eigenvalue weighted by Crippen LogP contribution is 2.28. The predicted octanol–water partition coefficient (Wildman–Crippen LogP) is 7.07. The zero-order valence-corrected chi connectivity index (χ0v) is 22.2. The van der Waals surface area contributed by atoms with Gasteiger partial charge in [0.15, 0.2) is 0 Å². The standard InChI is InChI=1S/C34H26FN3O3/c1-21(23-12-14-25(15-13-23)34(40)41)37-33(39)31-19-27(29-8-4-5-9-30(29)35)18-28-20-36-32(38(28)31)17-22-10-11-24-6-2-3-7-26(24)16-22/h2-16,18-21H,17H2,1H3,(H,37,39)(H,40,41)/t21-/m0/s1. The molecular formula is C34H26FN3O3. The average Bonchev–Trinajstić information content (AvgIpc) is 3.39. The Morgan fingerprint density at radius 2 is 1.63 bits per heavy atom. The summed E-state index contributed by atoms with van der Waals surface area (Å²) in [7, 11) is 0. The topological polar surface area (TPSA) is 83.7 Å². The van der Waals surface area contributed by atoms with Crippen LogP contribution in [0.4, 0.5) is 4.39 Å². The summed E-state index contributed by atoms with van der Waals surface area (Å²) in [5, 5.41) is 14.5.